The number of methoxy groups -OCH3 is 1. The first-order chi connectivity index (χ1) is 11.5. The van der Waals surface area contributed by atoms with Crippen LogP contribution < -0.4 is 16.4 Å². The molecule has 8 nitrogen and oxygen atoms in total. The molecule has 0 bridgehead atoms. The van der Waals surface area contributed by atoms with Gasteiger partial charge in [-0.2, -0.15) is 0 Å². The van der Waals surface area contributed by atoms with Gasteiger partial charge in [0.15, 0.2) is 0 Å². The Hall–Kier alpha value is -2.48. The van der Waals surface area contributed by atoms with Crippen molar-refractivity contribution in [1.82, 2.24) is 15.6 Å². The third-order valence-electron chi connectivity index (χ3n) is 4.00. The third-order valence-corrected chi connectivity index (χ3v) is 4.00. The molecule has 24 heavy (non-hydrogen) atoms. The van der Waals surface area contributed by atoms with Gasteiger partial charge in [0.1, 0.15) is 6.04 Å². The van der Waals surface area contributed by atoms with Crippen molar-refractivity contribution in [1.29, 1.82) is 0 Å². The van der Waals surface area contributed by atoms with Gasteiger partial charge in [0, 0.05) is 24.9 Å². The number of hydrogen-bond acceptors (Lipinski definition) is 6. The molecule has 0 aliphatic carbocycles. The van der Waals surface area contributed by atoms with E-state index in [0.29, 0.717) is 19.4 Å². The molecule has 1 aromatic heterocycles. The minimum Gasteiger partial charge on any atom is -0.467 e. The summed E-state index contributed by atoms with van der Waals surface area (Å²) >= 11 is 0. The normalized spacial score (nSPS) is 19.2. The van der Waals surface area contributed by atoms with Gasteiger partial charge in [-0.15, -0.1) is 0 Å². The topological polar surface area (TPSA) is 123 Å². The van der Waals surface area contributed by atoms with Crippen molar-refractivity contribution in [2.75, 3.05) is 13.7 Å². The molecular formula is C16H22N4O4. The Labute approximate surface area is 140 Å². The lowest BCUT2D eigenvalue weighted by molar-refractivity contribution is -0.146. The molecule has 2 unspecified atom stereocenters. The van der Waals surface area contributed by atoms with Gasteiger partial charge < -0.3 is 21.1 Å². The largest absolute Gasteiger partial charge is 0.467 e. The van der Waals surface area contributed by atoms with E-state index in [2.05, 4.69) is 15.6 Å². The number of carbonyl (C=O) groups is 3. The predicted molar refractivity (Wildman–Crippen MR) is 85.6 cm³/mol. The van der Waals surface area contributed by atoms with E-state index < -0.39 is 24.0 Å². The minimum atomic E-state index is -0.892. The summed E-state index contributed by atoms with van der Waals surface area (Å²) < 4.78 is 4.72. The number of esters is 1. The van der Waals surface area contributed by atoms with Crippen LogP contribution >= 0.6 is 0 Å². The predicted octanol–water partition coefficient (Wildman–Crippen LogP) is -0.865. The number of nitrogens with two attached hydrogens (primary N) is 1. The van der Waals surface area contributed by atoms with E-state index in [1.165, 1.54) is 7.11 Å². The maximum Gasteiger partial charge on any atom is 0.328 e. The van der Waals surface area contributed by atoms with Crippen molar-refractivity contribution in [2.24, 2.45) is 11.7 Å². The van der Waals surface area contributed by atoms with Crippen LogP contribution in [0.2, 0.25) is 0 Å². The van der Waals surface area contributed by atoms with E-state index in [1.54, 1.807) is 18.5 Å². The lowest BCUT2D eigenvalue weighted by Crippen LogP contribution is -2.50. The third kappa shape index (κ3) is 4.76. The number of carbonyl (C=O) groups excluding carboxylic acids is 3. The number of rotatable bonds is 7. The quantitative estimate of drug-likeness (QED) is 0.557. The fourth-order valence-electron chi connectivity index (χ4n) is 2.66. The molecule has 2 amide bonds. The van der Waals surface area contributed by atoms with Crippen molar-refractivity contribution in [2.45, 2.75) is 31.3 Å². The fourth-order valence-corrected chi connectivity index (χ4v) is 2.66. The number of ether oxygens (including phenoxy) is 1. The van der Waals surface area contributed by atoms with E-state index in [4.69, 9.17) is 10.5 Å². The maximum atomic E-state index is 12.3. The average Bonchev–Trinajstić information content (AvgIpc) is 2.99. The molecule has 1 aliphatic rings. The van der Waals surface area contributed by atoms with Gasteiger partial charge in [-0.3, -0.25) is 14.6 Å². The zero-order valence-corrected chi connectivity index (χ0v) is 13.5. The number of nitrogens with one attached hydrogen (secondary N) is 2. The minimum absolute atomic E-state index is 0.113. The van der Waals surface area contributed by atoms with Gasteiger partial charge >= 0.3 is 5.97 Å². The number of hydrogen-bond donors (Lipinski definition) is 3. The second-order valence-electron chi connectivity index (χ2n) is 5.77. The van der Waals surface area contributed by atoms with Crippen molar-refractivity contribution in [3.05, 3.63) is 30.1 Å². The van der Waals surface area contributed by atoms with Crippen LogP contribution in [0, 0.1) is 5.92 Å². The van der Waals surface area contributed by atoms with Gasteiger partial charge in [0.05, 0.1) is 13.2 Å². The lowest BCUT2D eigenvalue weighted by atomic mass is 9.98. The van der Waals surface area contributed by atoms with Gasteiger partial charge in [-0.25, -0.2) is 4.79 Å². The van der Waals surface area contributed by atoms with Crippen molar-refractivity contribution in [3.63, 3.8) is 0 Å². The Morgan fingerprint density at radius 1 is 1.54 bits per heavy atom. The van der Waals surface area contributed by atoms with Crippen LogP contribution in [0.3, 0.4) is 0 Å². The van der Waals surface area contributed by atoms with Crippen LogP contribution in [0.15, 0.2) is 24.5 Å². The SMILES string of the molecule is COC(=O)C(C[C@@H]1CCNC1=O)NC(=O)C(N)Cc1cccnc1. The first-order valence-electron chi connectivity index (χ1n) is 7.81. The van der Waals surface area contributed by atoms with Crippen molar-refractivity contribution < 1.29 is 19.1 Å². The van der Waals surface area contributed by atoms with Crippen LogP contribution in [0.1, 0.15) is 18.4 Å². The first-order valence-corrected chi connectivity index (χ1v) is 7.81. The van der Waals surface area contributed by atoms with Crippen LogP contribution in [-0.2, 0) is 25.5 Å². The molecule has 4 N–H and O–H groups in total. The molecule has 1 saturated heterocycles. The van der Waals surface area contributed by atoms with Crippen LogP contribution in [0.5, 0.6) is 0 Å². The molecule has 1 fully saturated rings. The van der Waals surface area contributed by atoms with E-state index in [-0.39, 0.29) is 18.2 Å². The molecule has 0 aromatic carbocycles. The van der Waals surface area contributed by atoms with E-state index >= 15 is 0 Å². The monoisotopic (exact) mass is 334 g/mol. The van der Waals surface area contributed by atoms with E-state index in [1.807, 2.05) is 6.07 Å². The highest BCUT2D eigenvalue weighted by Crippen LogP contribution is 2.17. The molecule has 130 valence electrons. The summed E-state index contributed by atoms with van der Waals surface area (Å²) in [5.74, 6) is -1.48. The molecule has 1 aromatic rings. The number of nitrogens with zero attached hydrogens (tertiary/aromatic N) is 1. The number of pyridine rings is 1. The molecular weight excluding hydrogens is 312 g/mol. The molecule has 2 heterocycles. The molecule has 3 atom stereocenters. The van der Waals surface area contributed by atoms with E-state index in [0.717, 1.165) is 5.56 Å². The highest BCUT2D eigenvalue weighted by atomic mass is 16.5. The summed E-state index contributed by atoms with van der Waals surface area (Å²) in [5, 5.41) is 5.30. The second-order valence-corrected chi connectivity index (χ2v) is 5.77. The van der Waals surface area contributed by atoms with Crippen LogP contribution in [0.4, 0.5) is 0 Å². The van der Waals surface area contributed by atoms with E-state index in [9.17, 15) is 14.4 Å². The molecule has 0 radical (unpaired) electrons. The van der Waals surface area contributed by atoms with Crippen LogP contribution in [-0.4, -0.2) is 48.5 Å². The molecule has 2 rings (SSSR count). The molecule has 0 saturated carbocycles. The van der Waals surface area contributed by atoms with Crippen molar-refractivity contribution >= 4 is 17.8 Å². The lowest BCUT2D eigenvalue weighted by Gasteiger charge is -2.21. The molecule has 1 aliphatic heterocycles. The summed E-state index contributed by atoms with van der Waals surface area (Å²) in [6.07, 6.45) is 4.40. The van der Waals surface area contributed by atoms with Crippen LogP contribution in [0.25, 0.3) is 0 Å². The van der Waals surface area contributed by atoms with Gasteiger partial charge in [0.2, 0.25) is 11.8 Å². The summed E-state index contributed by atoms with van der Waals surface area (Å²) in [4.78, 5) is 39.8. The van der Waals surface area contributed by atoms with Gasteiger partial charge in [0.25, 0.3) is 0 Å². The number of aromatic nitrogens is 1. The smallest absolute Gasteiger partial charge is 0.328 e. The van der Waals surface area contributed by atoms with Gasteiger partial charge in [-0.05, 0) is 30.9 Å². The fraction of sp³-hybridized carbons (Fsp3) is 0.500. The second kappa shape index (κ2) is 8.39. The maximum absolute atomic E-state index is 12.3. The Kier molecular flexibility index (Phi) is 6.25. The highest BCUT2D eigenvalue weighted by molar-refractivity contribution is 5.88. The van der Waals surface area contributed by atoms with Crippen molar-refractivity contribution in [3.8, 4) is 0 Å². The summed E-state index contributed by atoms with van der Waals surface area (Å²) in [5.41, 5.74) is 6.73. The Morgan fingerprint density at radius 2 is 2.33 bits per heavy atom. The summed E-state index contributed by atoms with van der Waals surface area (Å²) in [6.45, 7) is 0.575. The zero-order chi connectivity index (χ0) is 17.5. The molecule has 0 spiro atoms. The molecule has 8 heteroatoms. The average molecular weight is 334 g/mol. The first kappa shape index (κ1) is 17.9. The standard InChI is InChI=1S/C16H22N4O4/c1-24-16(23)13(8-11-4-6-19-14(11)21)20-15(22)12(17)7-10-3-2-5-18-9-10/h2-3,5,9,11-13H,4,6-8,17H2,1H3,(H,19,21)(H,20,22)/t11-,12?,13?/m0/s1. The zero-order valence-electron chi connectivity index (χ0n) is 13.5. The van der Waals surface area contributed by atoms with Gasteiger partial charge in [-0.1, -0.05) is 6.07 Å². The Morgan fingerprint density at radius 3 is 2.92 bits per heavy atom. The highest BCUT2D eigenvalue weighted by Gasteiger charge is 2.32. The number of amides is 2. The summed E-state index contributed by atoms with van der Waals surface area (Å²) in [6, 6.07) is 1.87. The Bertz CT molecular complexity index is 593. The Balaban J connectivity index is 1.95. The summed E-state index contributed by atoms with van der Waals surface area (Å²) in [7, 11) is 1.24.